The number of piperidine rings is 2. The van der Waals surface area contributed by atoms with E-state index in [9.17, 15) is 28.4 Å². The van der Waals surface area contributed by atoms with Gasteiger partial charge in [-0.05, 0) is 137 Å². The number of carbonyl (C=O) groups excluding carboxylic acids is 1. The lowest BCUT2D eigenvalue weighted by molar-refractivity contribution is -0.384. The molecule has 1 saturated carbocycles. The first-order valence-electron chi connectivity index (χ1n) is 24.8. The molecule has 0 unspecified atom stereocenters. The zero-order valence-corrected chi connectivity index (χ0v) is 40.6. The van der Waals surface area contributed by atoms with E-state index < -0.39 is 43.1 Å². The first-order valence-corrected chi connectivity index (χ1v) is 26.3. The van der Waals surface area contributed by atoms with Crippen molar-refractivity contribution >= 4 is 55.4 Å². The summed E-state index contributed by atoms with van der Waals surface area (Å²) in [7, 11) is -4.60. The number of anilines is 4. The predicted octanol–water partition coefficient (Wildman–Crippen LogP) is 7.76. The number of sulfonamides is 1. The number of nitro groups is 1. The van der Waals surface area contributed by atoms with Gasteiger partial charge in [-0.2, -0.15) is 4.98 Å². The lowest BCUT2D eigenvalue weighted by atomic mass is 9.59. The van der Waals surface area contributed by atoms with E-state index in [1.807, 2.05) is 31.2 Å². The molecule has 0 radical (unpaired) electrons. The van der Waals surface area contributed by atoms with Gasteiger partial charge >= 0.3 is 0 Å². The largest absolute Gasteiger partial charge is 0.468 e. The maximum atomic E-state index is 14.7. The van der Waals surface area contributed by atoms with Crippen LogP contribution in [0, 0.1) is 28.4 Å². The van der Waals surface area contributed by atoms with Crippen molar-refractivity contribution in [2.24, 2.45) is 11.3 Å². The maximum Gasteiger partial charge on any atom is 0.293 e. The lowest BCUT2D eigenvalue weighted by Crippen LogP contribution is -2.58. The Morgan fingerprint density at radius 3 is 2.51 bits per heavy atom. The number of fused-ring (bicyclic) bond motifs is 3. The number of aromatic nitrogens is 2. The molecule has 4 N–H and O–H groups in total. The fourth-order valence-corrected chi connectivity index (χ4v) is 13.1. The number of aromatic amines is 1. The molecule has 2 aromatic heterocycles. The predicted molar refractivity (Wildman–Crippen MR) is 265 cm³/mol. The molecule has 18 heteroatoms. The number of nitro benzene ring substituents is 1. The summed E-state index contributed by atoms with van der Waals surface area (Å²) in [4.78, 5) is 41.1. The van der Waals surface area contributed by atoms with Crippen molar-refractivity contribution in [1.29, 1.82) is 0 Å². The molecule has 1 aliphatic carbocycles. The molecule has 4 atom stereocenters. The van der Waals surface area contributed by atoms with Crippen molar-refractivity contribution in [3.8, 4) is 5.88 Å². The van der Waals surface area contributed by atoms with Crippen LogP contribution in [0.5, 0.6) is 5.88 Å². The average Bonchev–Trinajstić information content (AvgIpc) is 3.81. The highest BCUT2D eigenvalue weighted by molar-refractivity contribution is 7.90. The molecule has 6 aliphatic rings. The van der Waals surface area contributed by atoms with E-state index in [2.05, 4.69) is 60.9 Å². The molecule has 4 saturated heterocycles. The average molecular weight is 975 g/mol. The summed E-state index contributed by atoms with van der Waals surface area (Å²) in [5.41, 5.74) is 4.68. The van der Waals surface area contributed by atoms with Gasteiger partial charge in [0.25, 0.3) is 21.6 Å². The Morgan fingerprint density at radius 1 is 0.943 bits per heavy atom. The minimum atomic E-state index is -4.60. The van der Waals surface area contributed by atoms with Crippen molar-refractivity contribution < 1.29 is 37.5 Å². The van der Waals surface area contributed by atoms with Crippen LogP contribution in [0.25, 0.3) is 11.0 Å². The second-order valence-corrected chi connectivity index (χ2v) is 22.5. The van der Waals surface area contributed by atoms with Gasteiger partial charge in [-0.3, -0.25) is 19.8 Å². The number of nitrogens with one attached hydrogen (secondary N) is 3. The quantitative estimate of drug-likeness (QED) is 0.0738. The highest BCUT2D eigenvalue weighted by Crippen LogP contribution is 2.55. The molecule has 1 amide bonds. The van der Waals surface area contributed by atoms with Crippen LogP contribution in [0.3, 0.4) is 0 Å². The summed E-state index contributed by atoms with van der Waals surface area (Å²) < 4.78 is 48.4. The Balaban J connectivity index is 0.875. The number of ether oxygens (including phenoxy) is 3. The number of benzene rings is 3. The van der Waals surface area contributed by atoms with Crippen LogP contribution in [0.15, 0.2) is 83.9 Å². The smallest absolute Gasteiger partial charge is 0.293 e. The van der Waals surface area contributed by atoms with E-state index in [4.69, 9.17) is 19.2 Å². The number of aliphatic hydroxyl groups is 1. The van der Waals surface area contributed by atoms with Crippen molar-refractivity contribution in [3.63, 3.8) is 0 Å². The molecular weight excluding hydrogens is 913 g/mol. The van der Waals surface area contributed by atoms with E-state index in [0.717, 1.165) is 88.1 Å². The Hall–Kier alpha value is -5.79. The lowest BCUT2D eigenvalue weighted by Gasteiger charge is -2.58. The van der Waals surface area contributed by atoms with E-state index in [0.29, 0.717) is 68.3 Å². The van der Waals surface area contributed by atoms with E-state index >= 15 is 0 Å². The molecule has 5 aromatic rings. The van der Waals surface area contributed by atoms with Gasteiger partial charge in [0, 0.05) is 81.4 Å². The Labute approximate surface area is 408 Å². The number of hydrogen-bond acceptors (Lipinski definition) is 14. The third kappa shape index (κ3) is 8.97. The molecule has 3 aromatic carbocycles. The topological polar surface area (TPSA) is 205 Å². The zero-order chi connectivity index (χ0) is 48.4. The van der Waals surface area contributed by atoms with E-state index in [1.54, 1.807) is 12.3 Å². The highest BCUT2D eigenvalue weighted by Gasteiger charge is 2.51. The fourth-order valence-electron chi connectivity index (χ4n) is 12.1. The van der Waals surface area contributed by atoms with Crippen LogP contribution in [0.2, 0.25) is 0 Å². The number of amides is 1. The Morgan fingerprint density at radius 2 is 1.73 bits per heavy atom. The monoisotopic (exact) mass is 974 g/mol. The third-order valence-corrected chi connectivity index (χ3v) is 17.5. The second-order valence-electron chi connectivity index (χ2n) is 20.8. The minimum Gasteiger partial charge on any atom is -0.468 e. The summed E-state index contributed by atoms with van der Waals surface area (Å²) >= 11 is 0. The Kier molecular flexibility index (Phi) is 12.3. The molecule has 370 valence electrons. The van der Waals surface area contributed by atoms with Crippen LogP contribution in [0.4, 0.5) is 28.4 Å². The van der Waals surface area contributed by atoms with Gasteiger partial charge in [-0.1, -0.05) is 24.3 Å². The van der Waals surface area contributed by atoms with Gasteiger partial charge in [-0.25, -0.2) is 13.1 Å². The maximum absolute atomic E-state index is 14.7. The number of carbonyl (C=O) groups is 1. The van der Waals surface area contributed by atoms with Crippen molar-refractivity contribution in [3.05, 3.63) is 106 Å². The van der Waals surface area contributed by atoms with Gasteiger partial charge in [-0.15, -0.1) is 0 Å². The highest BCUT2D eigenvalue weighted by atomic mass is 32.2. The van der Waals surface area contributed by atoms with Crippen molar-refractivity contribution in [1.82, 2.24) is 19.6 Å². The van der Waals surface area contributed by atoms with Gasteiger partial charge < -0.3 is 39.4 Å². The standard InChI is InChI=1S/C52H62N8O9S/c1-33-5-3-4-6-39(33)46-30-51(2,62)15-21-58(46)37-28-52(29-37)16-19-57(20-17-52)36-7-9-40(43(26-36)59-42-14-24-68-32-47(42)69-50-45(59)25-35-11-18-53-48(35)55-50)49(61)56-70(65,66)38-8-10-41(44(27-38)60(63)64)54-31-34-12-22-67-23-13-34/h3-11,18,25-27,34,37,42,46-47,54,62H,12-17,19-24,28-32H2,1-2H3,(H,53,55)(H,56,61)/t42-,46+,47-,51+/m0/s1. The number of nitrogens with zero attached hydrogens (tertiary/aromatic N) is 5. The number of rotatable bonds is 11. The van der Waals surface area contributed by atoms with Crippen LogP contribution >= 0.6 is 0 Å². The van der Waals surface area contributed by atoms with Crippen LogP contribution in [-0.4, -0.2) is 116 Å². The number of likely N-dealkylation sites (tertiary alicyclic amines) is 1. The molecular formula is C52H62N8O9S. The first-order chi connectivity index (χ1) is 33.7. The van der Waals surface area contributed by atoms with Gasteiger partial charge in [0.1, 0.15) is 23.1 Å². The summed E-state index contributed by atoms with van der Waals surface area (Å²) in [6.07, 6.45) is 9.30. The van der Waals surface area contributed by atoms with Gasteiger partial charge in [0.15, 0.2) is 0 Å². The van der Waals surface area contributed by atoms with Crippen LogP contribution in [-0.2, 0) is 19.5 Å². The Bertz CT molecular complexity index is 2910. The SMILES string of the molecule is Cc1ccccc1[C@H]1C[C@](C)(O)CCN1C1CC2(CCN(c3ccc(C(=O)NS(=O)(=O)c4ccc(NCC5CCOCC5)c([N+](=O)[O-])c4)c(N4c5cc6cc[nH]c6nc5O[C@H]5COCC[C@@H]54)c3)CC2)C1. The van der Waals surface area contributed by atoms with Crippen LogP contribution in [0.1, 0.15) is 92.2 Å². The fraction of sp³-hybridized carbons (Fsp3) is 0.500. The molecule has 5 fully saturated rings. The van der Waals surface area contributed by atoms with Crippen LogP contribution < -0.4 is 24.6 Å². The molecule has 7 heterocycles. The molecule has 0 bridgehead atoms. The van der Waals surface area contributed by atoms with E-state index in [1.165, 1.54) is 23.3 Å². The van der Waals surface area contributed by atoms with Crippen molar-refractivity contribution in [2.45, 2.75) is 106 Å². The first kappa shape index (κ1) is 46.6. The third-order valence-electron chi connectivity index (χ3n) is 16.2. The zero-order valence-electron chi connectivity index (χ0n) is 39.8. The number of pyridine rings is 1. The number of hydrogen-bond donors (Lipinski definition) is 4. The summed E-state index contributed by atoms with van der Waals surface area (Å²) in [6.45, 7) is 9.12. The van der Waals surface area contributed by atoms with Gasteiger partial charge in [0.2, 0.25) is 5.88 Å². The summed E-state index contributed by atoms with van der Waals surface area (Å²) in [5.74, 6) is -0.243. The molecule has 5 aliphatic heterocycles. The summed E-state index contributed by atoms with van der Waals surface area (Å²) in [6, 6.07) is 22.1. The second kappa shape index (κ2) is 18.4. The van der Waals surface area contributed by atoms with Gasteiger partial charge in [0.05, 0.1) is 39.3 Å². The minimum absolute atomic E-state index is 0.114. The van der Waals surface area contributed by atoms with Crippen molar-refractivity contribution in [2.75, 3.05) is 67.7 Å². The normalized spacial score (nSPS) is 25.2. The molecule has 70 heavy (non-hydrogen) atoms. The number of aryl methyl sites for hydroxylation is 1. The van der Waals surface area contributed by atoms with E-state index in [-0.39, 0.29) is 34.7 Å². The molecule has 11 rings (SSSR count). The summed E-state index contributed by atoms with van der Waals surface area (Å²) in [5, 5.41) is 27.5. The number of H-pyrrole nitrogens is 1. The molecule has 1 spiro atoms. The molecule has 17 nitrogen and oxygen atoms in total.